The number of nitrogens with zero attached hydrogens (tertiary/aromatic N) is 2. The molecular formula is C12H23N3O2. The Morgan fingerprint density at radius 3 is 2.53 bits per heavy atom. The molecule has 1 heterocycles. The number of hydrogen-bond donors (Lipinski definition) is 1. The molecule has 0 aliphatic heterocycles. The highest BCUT2D eigenvalue weighted by Gasteiger charge is 2.29. The number of nitrogens with two attached hydrogens (primary N) is 1. The molecule has 0 saturated carbocycles. The number of ether oxygens (including phenoxy) is 1. The molecule has 2 atom stereocenters. The van der Waals surface area contributed by atoms with Crippen LogP contribution < -0.4 is 5.73 Å². The molecule has 0 aliphatic carbocycles. The zero-order valence-electron chi connectivity index (χ0n) is 11.4. The van der Waals surface area contributed by atoms with Crippen molar-refractivity contribution in [2.75, 3.05) is 6.61 Å². The van der Waals surface area contributed by atoms with E-state index in [0.717, 1.165) is 6.42 Å². The minimum Gasteiger partial charge on any atom is -0.368 e. The van der Waals surface area contributed by atoms with Crippen molar-refractivity contribution < 1.29 is 9.26 Å². The lowest BCUT2D eigenvalue weighted by Crippen LogP contribution is -2.26. The first-order valence-corrected chi connectivity index (χ1v) is 6.16. The lowest BCUT2D eigenvalue weighted by atomic mass is 9.99. The van der Waals surface area contributed by atoms with Gasteiger partial charge in [-0.05, 0) is 34.1 Å². The third-order valence-electron chi connectivity index (χ3n) is 2.88. The molecule has 1 aromatic heterocycles. The summed E-state index contributed by atoms with van der Waals surface area (Å²) in [5.41, 5.74) is 5.38. The maximum absolute atomic E-state index is 5.90. The van der Waals surface area contributed by atoms with Gasteiger partial charge in [0.15, 0.2) is 0 Å². The molecule has 0 radical (unpaired) electrons. The van der Waals surface area contributed by atoms with Crippen LogP contribution in [0.2, 0.25) is 0 Å². The molecule has 1 aromatic rings. The zero-order chi connectivity index (χ0) is 13.1. The number of hydrogen-bond acceptors (Lipinski definition) is 5. The number of aromatic nitrogens is 2. The van der Waals surface area contributed by atoms with Gasteiger partial charge in [-0.25, -0.2) is 0 Å². The summed E-state index contributed by atoms with van der Waals surface area (Å²) < 4.78 is 10.9. The van der Waals surface area contributed by atoms with Crippen LogP contribution in [0, 0.1) is 0 Å². The Labute approximate surface area is 103 Å². The fourth-order valence-electron chi connectivity index (χ4n) is 1.83. The Hall–Kier alpha value is -0.940. The molecule has 98 valence electrons. The first-order chi connectivity index (χ1) is 7.92. The molecule has 2 unspecified atom stereocenters. The van der Waals surface area contributed by atoms with Crippen molar-refractivity contribution in [1.82, 2.24) is 10.1 Å². The quantitative estimate of drug-likeness (QED) is 0.826. The van der Waals surface area contributed by atoms with Crippen molar-refractivity contribution in [2.24, 2.45) is 5.73 Å². The van der Waals surface area contributed by atoms with E-state index in [1.165, 1.54) is 0 Å². The van der Waals surface area contributed by atoms with Crippen LogP contribution in [-0.2, 0) is 10.3 Å². The molecule has 0 bridgehead atoms. The molecule has 1 rings (SSSR count). The topological polar surface area (TPSA) is 74.2 Å². The highest BCUT2D eigenvalue weighted by Crippen LogP contribution is 2.26. The van der Waals surface area contributed by atoms with Gasteiger partial charge in [-0.15, -0.1) is 0 Å². The van der Waals surface area contributed by atoms with Gasteiger partial charge in [0.1, 0.15) is 5.60 Å². The van der Waals surface area contributed by atoms with E-state index in [4.69, 9.17) is 15.0 Å². The van der Waals surface area contributed by atoms with E-state index in [2.05, 4.69) is 17.1 Å². The molecule has 0 aromatic carbocycles. The Balaban J connectivity index is 2.90. The molecule has 0 spiro atoms. The molecule has 0 fully saturated rings. The van der Waals surface area contributed by atoms with Crippen LogP contribution in [0.3, 0.4) is 0 Å². The van der Waals surface area contributed by atoms with Gasteiger partial charge in [-0.3, -0.25) is 0 Å². The summed E-state index contributed by atoms with van der Waals surface area (Å²) >= 11 is 0. The van der Waals surface area contributed by atoms with E-state index in [9.17, 15) is 0 Å². The molecule has 2 N–H and O–H groups in total. The lowest BCUT2D eigenvalue weighted by molar-refractivity contribution is -0.0221. The average Bonchev–Trinajstić information content (AvgIpc) is 2.68. The standard InChI is InChI=1S/C12H23N3O2/c1-6-9(8(3)13)10-14-11(15-17-10)12(4,5)16-7-2/h8-9H,6-7,13H2,1-5H3. The normalized spacial score (nSPS) is 15.9. The van der Waals surface area contributed by atoms with Gasteiger partial charge in [0.2, 0.25) is 11.7 Å². The number of rotatable bonds is 6. The monoisotopic (exact) mass is 241 g/mol. The third kappa shape index (κ3) is 3.26. The summed E-state index contributed by atoms with van der Waals surface area (Å²) in [5.74, 6) is 1.28. The van der Waals surface area contributed by atoms with Gasteiger partial charge in [-0.1, -0.05) is 12.1 Å². The van der Waals surface area contributed by atoms with Gasteiger partial charge in [0.25, 0.3) is 0 Å². The molecule has 5 heteroatoms. The van der Waals surface area contributed by atoms with Gasteiger partial charge in [0, 0.05) is 12.6 Å². The minimum absolute atomic E-state index is 0.00325. The molecule has 5 nitrogen and oxygen atoms in total. The maximum Gasteiger partial charge on any atom is 0.231 e. The molecule has 17 heavy (non-hydrogen) atoms. The summed E-state index contributed by atoms with van der Waals surface area (Å²) in [6.07, 6.45) is 0.883. The summed E-state index contributed by atoms with van der Waals surface area (Å²) in [6, 6.07) is 0.00325. The Bertz CT molecular complexity index is 347. The molecule has 0 amide bonds. The van der Waals surface area contributed by atoms with Crippen LogP contribution in [0.5, 0.6) is 0 Å². The Morgan fingerprint density at radius 2 is 2.06 bits per heavy atom. The van der Waals surface area contributed by atoms with Crippen molar-refractivity contribution in [1.29, 1.82) is 0 Å². The maximum atomic E-state index is 5.90. The van der Waals surface area contributed by atoms with Crippen LogP contribution in [-0.4, -0.2) is 22.8 Å². The largest absolute Gasteiger partial charge is 0.368 e. The van der Waals surface area contributed by atoms with Crippen molar-refractivity contribution in [3.05, 3.63) is 11.7 Å². The van der Waals surface area contributed by atoms with E-state index < -0.39 is 5.60 Å². The fourth-order valence-corrected chi connectivity index (χ4v) is 1.83. The van der Waals surface area contributed by atoms with Crippen LogP contribution in [0.15, 0.2) is 4.52 Å². The molecular weight excluding hydrogens is 218 g/mol. The van der Waals surface area contributed by atoms with Gasteiger partial charge in [0.05, 0.1) is 5.92 Å². The van der Waals surface area contributed by atoms with Crippen molar-refractivity contribution >= 4 is 0 Å². The fraction of sp³-hybridized carbons (Fsp3) is 0.833. The van der Waals surface area contributed by atoms with E-state index in [1.807, 2.05) is 27.7 Å². The minimum atomic E-state index is -0.521. The smallest absolute Gasteiger partial charge is 0.231 e. The van der Waals surface area contributed by atoms with E-state index >= 15 is 0 Å². The van der Waals surface area contributed by atoms with E-state index in [0.29, 0.717) is 18.3 Å². The summed E-state index contributed by atoms with van der Waals surface area (Å²) in [7, 11) is 0. The Morgan fingerprint density at radius 1 is 1.41 bits per heavy atom. The predicted molar refractivity (Wildman–Crippen MR) is 65.6 cm³/mol. The lowest BCUT2D eigenvalue weighted by Gasteiger charge is -2.20. The van der Waals surface area contributed by atoms with Crippen molar-refractivity contribution in [3.8, 4) is 0 Å². The summed E-state index contributed by atoms with van der Waals surface area (Å²) in [5, 5.41) is 3.99. The SMILES string of the molecule is CCOC(C)(C)c1noc(C(CC)C(C)N)n1. The van der Waals surface area contributed by atoms with Gasteiger partial charge >= 0.3 is 0 Å². The average molecular weight is 241 g/mol. The predicted octanol–water partition coefficient (Wildman–Crippen LogP) is 2.18. The first-order valence-electron chi connectivity index (χ1n) is 6.16. The third-order valence-corrected chi connectivity index (χ3v) is 2.88. The second kappa shape index (κ2) is 5.60. The first kappa shape index (κ1) is 14.1. The highest BCUT2D eigenvalue weighted by atomic mass is 16.5. The second-order valence-corrected chi connectivity index (χ2v) is 4.77. The Kier molecular flexibility index (Phi) is 4.65. The van der Waals surface area contributed by atoms with Crippen LogP contribution in [0.4, 0.5) is 0 Å². The highest BCUT2D eigenvalue weighted by molar-refractivity contribution is 5.02. The second-order valence-electron chi connectivity index (χ2n) is 4.77. The van der Waals surface area contributed by atoms with E-state index in [-0.39, 0.29) is 12.0 Å². The van der Waals surface area contributed by atoms with Crippen molar-refractivity contribution in [3.63, 3.8) is 0 Å². The zero-order valence-corrected chi connectivity index (χ0v) is 11.4. The van der Waals surface area contributed by atoms with Crippen LogP contribution in [0.25, 0.3) is 0 Å². The van der Waals surface area contributed by atoms with Gasteiger partial charge in [-0.2, -0.15) is 4.98 Å². The molecule has 0 aliphatic rings. The molecule has 0 saturated heterocycles. The van der Waals surface area contributed by atoms with Crippen LogP contribution >= 0.6 is 0 Å². The van der Waals surface area contributed by atoms with E-state index in [1.54, 1.807) is 0 Å². The summed E-state index contributed by atoms with van der Waals surface area (Å²) in [4.78, 5) is 4.41. The van der Waals surface area contributed by atoms with Crippen molar-refractivity contribution in [2.45, 2.75) is 58.6 Å². The summed E-state index contributed by atoms with van der Waals surface area (Å²) in [6.45, 7) is 10.4. The van der Waals surface area contributed by atoms with Crippen LogP contribution in [0.1, 0.15) is 58.7 Å². The van der Waals surface area contributed by atoms with Gasteiger partial charge < -0.3 is 15.0 Å².